The fraction of sp³-hybridized carbons (Fsp3) is 0.714. The van der Waals surface area contributed by atoms with Gasteiger partial charge >= 0.3 is 0 Å². The number of aryl methyl sites for hydroxylation is 1. The van der Waals surface area contributed by atoms with Gasteiger partial charge in [0.2, 0.25) is 5.91 Å². The predicted octanol–water partition coefficient (Wildman–Crippen LogP) is 0.839. The highest BCUT2D eigenvalue weighted by Crippen LogP contribution is 2.39. The number of likely N-dealkylation sites (tertiary alicyclic amines) is 1. The van der Waals surface area contributed by atoms with Crippen molar-refractivity contribution in [2.45, 2.75) is 38.3 Å². The van der Waals surface area contributed by atoms with Crippen LogP contribution in [0.15, 0.2) is 10.6 Å². The zero-order chi connectivity index (χ0) is 14.2. The van der Waals surface area contributed by atoms with Gasteiger partial charge < -0.3 is 19.9 Å². The van der Waals surface area contributed by atoms with Crippen LogP contribution >= 0.6 is 0 Å². The molecule has 2 atom stereocenters. The number of carbonyl (C=O) groups is 1. The molecule has 0 radical (unpaired) electrons. The van der Waals surface area contributed by atoms with E-state index in [2.05, 4.69) is 5.16 Å². The molecule has 1 aromatic rings. The number of nitrogens with two attached hydrogens (primary N) is 1. The maximum absolute atomic E-state index is 12.1. The van der Waals surface area contributed by atoms with Crippen LogP contribution in [0.4, 0.5) is 0 Å². The van der Waals surface area contributed by atoms with Gasteiger partial charge in [0.1, 0.15) is 18.1 Å². The molecule has 1 amide bonds. The lowest BCUT2D eigenvalue weighted by Gasteiger charge is -2.22. The van der Waals surface area contributed by atoms with E-state index in [9.17, 15) is 4.79 Å². The number of rotatable bonds is 4. The first kappa shape index (κ1) is 13.6. The van der Waals surface area contributed by atoms with Crippen molar-refractivity contribution in [3.8, 4) is 0 Å². The van der Waals surface area contributed by atoms with Crippen molar-refractivity contribution >= 4 is 5.91 Å². The average molecular weight is 279 g/mol. The summed E-state index contributed by atoms with van der Waals surface area (Å²) in [7, 11) is 0. The first-order valence-corrected chi connectivity index (χ1v) is 7.13. The first-order valence-electron chi connectivity index (χ1n) is 7.13. The fourth-order valence-corrected chi connectivity index (χ4v) is 3.35. The third-order valence-electron chi connectivity index (χ3n) is 4.44. The topological polar surface area (TPSA) is 81.6 Å². The van der Waals surface area contributed by atoms with Crippen molar-refractivity contribution in [1.82, 2.24) is 10.1 Å². The van der Waals surface area contributed by atoms with Crippen molar-refractivity contribution < 1.29 is 14.1 Å². The van der Waals surface area contributed by atoms with Crippen molar-refractivity contribution in [1.29, 1.82) is 0 Å². The summed E-state index contributed by atoms with van der Waals surface area (Å²) < 4.78 is 10.4. The van der Waals surface area contributed by atoms with Gasteiger partial charge in [0.05, 0.1) is 6.61 Å². The minimum Gasteiger partial charge on any atom is -0.365 e. The highest BCUT2D eigenvalue weighted by molar-refractivity contribution is 5.78. The molecule has 0 bridgehead atoms. The van der Waals surface area contributed by atoms with E-state index < -0.39 is 0 Å². The van der Waals surface area contributed by atoms with Crippen molar-refractivity contribution in [3.05, 3.63) is 17.5 Å². The number of hydrogen-bond acceptors (Lipinski definition) is 5. The number of hydrogen-bond donors (Lipinski definition) is 1. The summed E-state index contributed by atoms with van der Waals surface area (Å²) in [6.45, 7) is 3.65. The van der Waals surface area contributed by atoms with Crippen LogP contribution in [0.5, 0.6) is 0 Å². The maximum atomic E-state index is 12.1. The standard InChI is InChI=1S/C14H21N3O3/c1-10-5-12(16-20-10)7-19-8-13(18)17-6-11-3-2-4-14(11,15)9-17/h5,11H,2-4,6-9,15H2,1H3. The number of fused-ring (bicyclic) bond motifs is 1. The lowest BCUT2D eigenvalue weighted by molar-refractivity contribution is -0.135. The molecule has 2 unspecified atom stereocenters. The summed E-state index contributed by atoms with van der Waals surface area (Å²) in [5, 5.41) is 3.82. The van der Waals surface area contributed by atoms with Crippen LogP contribution in [-0.4, -0.2) is 41.2 Å². The Morgan fingerprint density at radius 2 is 2.55 bits per heavy atom. The molecule has 2 N–H and O–H groups in total. The molecule has 3 rings (SSSR count). The van der Waals surface area contributed by atoms with Crippen molar-refractivity contribution in [2.75, 3.05) is 19.7 Å². The van der Waals surface area contributed by atoms with Crippen molar-refractivity contribution in [2.24, 2.45) is 11.7 Å². The van der Waals surface area contributed by atoms with E-state index in [-0.39, 0.29) is 18.1 Å². The van der Waals surface area contributed by atoms with Crippen LogP contribution < -0.4 is 5.73 Å². The third-order valence-corrected chi connectivity index (χ3v) is 4.44. The highest BCUT2D eigenvalue weighted by atomic mass is 16.5. The Morgan fingerprint density at radius 3 is 3.25 bits per heavy atom. The summed E-state index contributed by atoms with van der Waals surface area (Å²) in [4.78, 5) is 14.0. The summed E-state index contributed by atoms with van der Waals surface area (Å²) in [5.41, 5.74) is 6.92. The number of ether oxygens (including phenoxy) is 1. The van der Waals surface area contributed by atoms with E-state index in [1.165, 1.54) is 6.42 Å². The van der Waals surface area contributed by atoms with Crippen LogP contribution in [0, 0.1) is 12.8 Å². The van der Waals surface area contributed by atoms with E-state index >= 15 is 0 Å². The Morgan fingerprint density at radius 1 is 1.70 bits per heavy atom. The zero-order valence-corrected chi connectivity index (χ0v) is 11.8. The Balaban J connectivity index is 1.46. The lowest BCUT2D eigenvalue weighted by Crippen LogP contribution is -2.45. The van der Waals surface area contributed by atoms with Gasteiger partial charge in [-0.15, -0.1) is 0 Å². The maximum Gasteiger partial charge on any atom is 0.248 e. The van der Waals surface area contributed by atoms with E-state index in [1.54, 1.807) is 6.07 Å². The molecular weight excluding hydrogens is 258 g/mol. The minimum absolute atomic E-state index is 0.0180. The number of aromatic nitrogens is 1. The Hall–Kier alpha value is -1.40. The van der Waals surface area contributed by atoms with E-state index in [1.807, 2.05) is 11.8 Å². The Bertz CT molecular complexity index is 502. The van der Waals surface area contributed by atoms with Gasteiger partial charge in [0.15, 0.2) is 0 Å². The molecule has 1 saturated heterocycles. The molecule has 1 saturated carbocycles. The predicted molar refractivity (Wildman–Crippen MR) is 71.7 cm³/mol. The van der Waals surface area contributed by atoms with E-state index in [0.717, 1.165) is 25.1 Å². The van der Waals surface area contributed by atoms with Gasteiger partial charge in [0.25, 0.3) is 0 Å². The first-order chi connectivity index (χ1) is 9.57. The van der Waals surface area contributed by atoms with E-state index in [0.29, 0.717) is 24.8 Å². The monoisotopic (exact) mass is 279 g/mol. The Labute approximate surface area is 118 Å². The highest BCUT2D eigenvalue weighted by Gasteiger charge is 2.47. The summed E-state index contributed by atoms with van der Waals surface area (Å²) in [5.74, 6) is 1.22. The van der Waals surface area contributed by atoms with Crippen LogP contribution in [0.25, 0.3) is 0 Å². The molecule has 0 aromatic carbocycles. The molecule has 1 aliphatic heterocycles. The van der Waals surface area contributed by atoms with Gasteiger partial charge in [-0.1, -0.05) is 11.6 Å². The van der Waals surface area contributed by atoms with Gasteiger partial charge in [-0.3, -0.25) is 4.79 Å². The Kier molecular flexibility index (Phi) is 3.52. The third kappa shape index (κ3) is 2.58. The second-order valence-corrected chi connectivity index (χ2v) is 6.02. The lowest BCUT2D eigenvalue weighted by atomic mass is 9.92. The largest absolute Gasteiger partial charge is 0.365 e. The molecule has 1 aliphatic carbocycles. The zero-order valence-electron chi connectivity index (χ0n) is 11.8. The second-order valence-electron chi connectivity index (χ2n) is 6.02. The average Bonchev–Trinajstić information content (AvgIpc) is 3.02. The normalized spacial score (nSPS) is 28.9. The quantitative estimate of drug-likeness (QED) is 0.883. The molecule has 2 fully saturated rings. The van der Waals surface area contributed by atoms with Crippen LogP contribution in [0.2, 0.25) is 0 Å². The molecule has 2 aliphatic rings. The molecule has 0 spiro atoms. The van der Waals surface area contributed by atoms with Crippen LogP contribution in [0.3, 0.4) is 0 Å². The number of amides is 1. The SMILES string of the molecule is Cc1cc(COCC(=O)N2CC3CCCC3(N)C2)no1. The molecule has 2 heterocycles. The molecule has 6 heteroatoms. The smallest absolute Gasteiger partial charge is 0.248 e. The van der Waals surface area contributed by atoms with Crippen LogP contribution in [-0.2, 0) is 16.1 Å². The summed E-state index contributed by atoms with van der Waals surface area (Å²) in [6.07, 6.45) is 3.35. The van der Waals surface area contributed by atoms with E-state index in [4.69, 9.17) is 15.0 Å². The molecule has 6 nitrogen and oxygen atoms in total. The van der Waals surface area contributed by atoms with Gasteiger partial charge in [-0.25, -0.2) is 0 Å². The summed E-state index contributed by atoms with van der Waals surface area (Å²) >= 11 is 0. The molecule has 20 heavy (non-hydrogen) atoms. The summed E-state index contributed by atoms with van der Waals surface area (Å²) in [6, 6.07) is 1.81. The minimum atomic E-state index is -0.154. The van der Waals surface area contributed by atoms with Gasteiger partial charge in [0, 0.05) is 24.7 Å². The number of nitrogens with zero attached hydrogens (tertiary/aromatic N) is 2. The fourth-order valence-electron chi connectivity index (χ4n) is 3.35. The van der Waals surface area contributed by atoms with Gasteiger partial charge in [-0.05, 0) is 25.7 Å². The second kappa shape index (κ2) is 5.18. The molecule has 1 aromatic heterocycles. The van der Waals surface area contributed by atoms with Gasteiger partial charge in [-0.2, -0.15) is 0 Å². The molecule has 110 valence electrons. The molecular formula is C14H21N3O3. The van der Waals surface area contributed by atoms with Crippen molar-refractivity contribution in [3.63, 3.8) is 0 Å². The number of carbonyl (C=O) groups excluding carboxylic acids is 1. The van der Waals surface area contributed by atoms with Crippen LogP contribution in [0.1, 0.15) is 30.7 Å².